The number of hydrogen-bond acceptors (Lipinski definition) is 2. The van der Waals surface area contributed by atoms with Crippen LogP contribution < -0.4 is 5.32 Å². The third-order valence-corrected chi connectivity index (χ3v) is 3.72. The van der Waals surface area contributed by atoms with Gasteiger partial charge in [0.1, 0.15) is 0 Å². The van der Waals surface area contributed by atoms with Crippen molar-refractivity contribution in [2.24, 2.45) is 0 Å². The Morgan fingerprint density at radius 2 is 1.71 bits per heavy atom. The summed E-state index contributed by atoms with van der Waals surface area (Å²) in [6.07, 6.45) is 0. The van der Waals surface area contributed by atoms with Gasteiger partial charge in [-0.25, -0.2) is 0 Å². The fourth-order valence-electron chi connectivity index (χ4n) is 2.50. The van der Waals surface area contributed by atoms with Crippen LogP contribution in [0.1, 0.15) is 56.3 Å². The van der Waals surface area contributed by atoms with Crippen molar-refractivity contribution in [1.82, 2.24) is 10.3 Å². The van der Waals surface area contributed by atoms with E-state index in [2.05, 4.69) is 74.4 Å². The molecule has 0 fully saturated rings. The number of nitrogens with one attached hydrogen (secondary N) is 1. The number of aryl methyl sites for hydroxylation is 1. The minimum absolute atomic E-state index is 0.156. The van der Waals surface area contributed by atoms with Gasteiger partial charge in [-0.15, -0.1) is 0 Å². The topological polar surface area (TPSA) is 24.9 Å². The Morgan fingerprint density at radius 3 is 2.24 bits per heavy atom. The molecule has 0 amide bonds. The van der Waals surface area contributed by atoms with E-state index in [0.717, 1.165) is 17.9 Å². The summed E-state index contributed by atoms with van der Waals surface area (Å²) < 4.78 is 0. The van der Waals surface area contributed by atoms with Crippen LogP contribution in [-0.2, 0) is 5.41 Å². The van der Waals surface area contributed by atoms with E-state index in [9.17, 15) is 0 Å². The van der Waals surface area contributed by atoms with Gasteiger partial charge in [0.2, 0.25) is 0 Å². The molecule has 0 radical (unpaired) electrons. The van der Waals surface area contributed by atoms with Crippen LogP contribution in [0, 0.1) is 6.92 Å². The van der Waals surface area contributed by atoms with E-state index in [1.165, 1.54) is 11.1 Å². The molecule has 0 aliphatic heterocycles. The summed E-state index contributed by atoms with van der Waals surface area (Å²) in [5, 5.41) is 3.54. The predicted molar refractivity (Wildman–Crippen MR) is 89.6 cm³/mol. The Kier molecular flexibility index (Phi) is 4.79. The van der Waals surface area contributed by atoms with E-state index in [4.69, 9.17) is 0 Å². The van der Waals surface area contributed by atoms with Gasteiger partial charge >= 0.3 is 0 Å². The predicted octanol–water partition coefficient (Wildman–Crippen LogP) is 4.39. The largest absolute Gasteiger partial charge is 0.305 e. The molecular formula is C19H26N2. The van der Waals surface area contributed by atoms with Crippen LogP contribution in [0.25, 0.3) is 0 Å². The van der Waals surface area contributed by atoms with E-state index < -0.39 is 0 Å². The number of hydrogen-bond donors (Lipinski definition) is 1. The first-order chi connectivity index (χ1) is 9.91. The average Bonchev–Trinajstić information content (AvgIpc) is 2.44. The van der Waals surface area contributed by atoms with Crippen LogP contribution in [0.15, 0.2) is 42.5 Å². The van der Waals surface area contributed by atoms with E-state index in [1.54, 1.807) is 0 Å². The lowest BCUT2D eigenvalue weighted by molar-refractivity contribution is 0.586. The highest BCUT2D eigenvalue weighted by Crippen LogP contribution is 2.26. The number of nitrogens with zero attached hydrogens (tertiary/aromatic N) is 1. The SMILES string of the molecule is CCNC(c1ccc(C(C)(C)C)cc1)c1cccc(C)n1. The van der Waals surface area contributed by atoms with E-state index >= 15 is 0 Å². The van der Waals surface area contributed by atoms with Gasteiger partial charge in [0.25, 0.3) is 0 Å². The number of rotatable bonds is 4. The molecule has 2 heteroatoms. The number of benzene rings is 1. The van der Waals surface area contributed by atoms with Gasteiger partial charge in [-0.1, -0.05) is 58.0 Å². The van der Waals surface area contributed by atoms with Crippen molar-refractivity contribution in [3.63, 3.8) is 0 Å². The van der Waals surface area contributed by atoms with Crippen molar-refractivity contribution in [2.45, 2.75) is 46.1 Å². The second kappa shape index (κ2) is 6.40. The number of aromatic nitrogens is 1. The average molecular weight is 282 g/mol. The molecule has 0 saturated carbocycles. The Morgan fingerprint density at radius 1 is 1.05 bits per heavy atom. The Bertz CT molecular complexity index is 579. The van der Waals surface area contributed by atoms with Crippen LogP contribution in [0.4, 0.5) is 0 Å². The van der Waals surface area contributed by atoms with Crippen molar-refractivity contribution in [3.05, 3.63) is 65.0 Å². The van der Waals surface area contributed by atoms with E-state index in [0.29, 0.717) is 0 Å². The summed E-state index contributed by atoms with van der Waals surface area (Å²) >= 11 is 0. The standard InChI is InChI=1S/C19H26N2/c1-6-20-18(17-9-7-8-14(2)21-17)15-10-12-16(13-11-15)19(3,4)5/h7-13,18,20H,6H2,1-5H3. The molecule has 1 aromatic heterocycles. The molecule has 112 valence electrons. The van der Waals surface area contributed by atoms with E-state index in [-0.39, 0.29) is 11.5 Å². The molecule has 0 spiro atoms. The monoisotopic (exact) mass is 282 g/mol. The zero-order valence-electron chi connectivity index (χ0n) is 13.8. The first-order valence-corrected chi connectivity index (χ1v) is 7.69. The van der Waals surface area contributed by atoms with Gasteiger partial charge in [-0.3, -0.25) is 4.98 Å². The molecule has 0 aliphatic carbocycles. The molecule has 1 unspecified atom stereocenters. The van der Waals surface area contributed by atoms with Crippen molar-refractivity contribution < 1.29 is 0 Å². The summed E-state index contributed by atoms with van der Waals surface area (Å²) in [7, 11) is 0. The molecular weight excluding hydrogens is 256 g/mol. The van der Waals surface area contributed by atoms with Gasteiger partial charge in [-0.05, 0) is 42.1 Å². The van der Waals surface area contributed by atoms with Gasteiger partial charge < -0.3 is 5.32 Å². The molecule has 1 heterocycles. The second-order valence-corrected chi connectivity index (χ2v) is 6.57. The summed E-state index contributed by atoms with van der Waals surface area (Å²) in [6.45, 7) is 11.8. The van der Waals surface area contributed by atoms with Crippen LogP contribution in [0.2, 0.25) is 0 Å². The molecule has 1 atom stereocenters. The smallest absolute Gasteiger partial charge is 0.0751 e. The Labute approximate surface area is 128 Å². The van der Waals surface area contributed by atoms with Gasteiger partial charge in [0.15, 0.2) is 0 Å². The van der Waals surface area contributed by atoms with Gasteiger partial charge in [0, 0.05) is 5.69 Å². The summed E-state index contributed by atoms with van der Waals surface area (Å²) in [6, 6.07) is 15.3. The molecule has 1 N–H and O–H groups in total. The maximum Gasteiger partial charge on any atom is 0.0751 e. The summed E-state index contributed by atoms with van der Waals surface area (Å²) in [4.78, 5) is 4.68. The fraction of sp³-hybridized carbons (Fsp3) is 0.421. The highest BCUT2D eigenvalue weighted by molar-refractivity contribution is 5.33. The zero-order chi connectivity index (χ0) is 15.5. The molecule has 21 heavy (non-hydrogen) atoms. The van der Waals surface area contributed by atoms with Crippen LogP contribution in [0.3, 0.4) is 0 Å². The minimum Gasteiger partial charge on any atom is -0.305 e. The maximum absolute atomic E-state index is 4.68. The molecule has 2 rings (SSSR count). The van der Waals surface area contributed by atoms with E-state index in [1.807, 2.05) is 13.0 Å². The molecule has 0 bridgehead atoms. The maximum atomic E-state index is 4.68. The third-order valence-electron chi connectivity index (χ3n) is 3.72. The molecule has 0 aliphatic rings. The minimum atomic E-state index is 0.156. The second-order valence-electron chi connectivity index (χ2n) is 6.57. The number of pyridine rings is 1. The molecule has 1 aromatic carbocycles. The highest BCUT2D eigenvalue weighted by Gasteiger charge is 2.17. The highest BCUT2D eigenvalue weighted by atomic mass is 14.9. The molecule has 2 nitrogen and oxygen atoms in total. The van der Waals surface area contributed by atoms with Crippen LogP contribution in [-0.4, -0.2) is 11.5 Å². The lowest BCUT2D eigenvalue weighted by Gasteiger charge is -2.22. The fourth-order valence-corrected chi connectivity index (χ4v) is 2.50. The van der Waals surface area contributed by atoms with Crippen LogP contribution in [0.5, 0.6) is 0 Å². The summed E-state index contributed by atoms with van der Waals surface area (Å²) in [5.41, 5.74) is 4.96. The van der Waals surface area contributed by atoms with Gasteiger partial charge in [0.05, 0.1) is 11.7 Å². The van der Waals surface area contributed by atoms with Crippen molar-refractivity contribution in [1.29, 1.82) is 0 Å². The molecule has 2 aromatic rings. The van der Waals surface area contributed by atoms with Gasteiger partial charge in [-0.2, -0.15) is 0 Å². The zero-order valence-corrected chi connectivity index (χ0v) is 13.8. The molecule has 0 saturated heterocycles. The van der Waals surface area contributed by atoms with Crippen LogP contribution >= 0.6 is 0 Å². The van der Waals surface area contributed by atoms with Crippen molar-refractivity contribution >= 4 is 0 Å². The Hall–Kier alpha value is -1.67. The Balaban J connectivity index is 2.34. The lowest BCUT2D eigenvalue weighted by atomic mass is 9.86. The first kappa shape index (κ1) is 15.7. The normalized spacial score (nSPS) is 13.2. The lowest BCUT2D eigenvalue weighted by Crippen LogP contribution is -2.23. The summed E-state index contributed by atoms with van der Waals surface area (Å²) in [5.74, 6) is 0. The van der Waals surface area contributed by atoms with Crippen molar-refractivity contribution in [2.75, 3.05) is 6.54 Å². The first-order valence-electron chi connectivity index (χ1n) is 7.69. The quantitative estimate of drug-likeness (QED) is 0.899. The third kappa shape index (κ3) is 3.92. The van der Waals surface area contributed by atoms with Crippen molar-refractivity contribution in [3.8, 4) is 0 Å².